The van der Waals surface area contributed by atoms with Gasteiger partial charge in [0, 0.05) is 12.4 Å². The summed E-state index contributed by atoms with van der Waals surface area (Å²) in [5, 5.41) is 12.0. The zero-order valence-electron chi connectivity index (χ0n) is 15.4. The maximum Gasteiger partial charge on any atom is 0.399 e. The van der Waals surface area contributed by atoms with Gasteiger partial charge in [-0.1, -0.05) is 47.5 Å². The van der Waals surface area contributed by atoms with Crippen LogP contribution < -0.4 is 11.1 Å². The van der Waals surface area contributed by atoms with Gasteiger partial charge < -0.3 is 16.2 Å². The molecule has 0 heterocycles. The first kappa shape index (κ1) is 21.1. The zero-order chi connectivity index (χ0) is 20.9. The number of nitrogens with one attached hydrogen (secondary N) is 1. The molecule has 2 aromatic rings. The van der Waals surface area contributed by atoms with Gasteiger partial charge in [-0.15, -0.1) is 0 Å². The number of allylic oxidation sites excluding steroid dienone is 1. The second-order valence-corrected chi connectivity index (χ2v) is 6.41. The lowest BCUT2D eigenvalue weighted by atomic mass is 9.94. The fraction of sp³-hybridized carbons (Fsp3) is 0.190. The van der Waals surface area contributed by atoms with Crippen LogP contribution in [0.15, 0.2) is 54.9 Å². The lowest BCUT2D eigenvalue weighted by molar-refractivity contribution is -0.139. The zero-order valence-corrected chi connectivity index (χ0v) is 15.4. The third-order valence-electron chi connectivity index (χ3n) is 4.05. The third kappa shape index (κ3) is 5.39. The molecule has 0 aliphatic heterocycles. The standard InChI is InChI=1S/C21H21F3N2O2/c1-13-9-14(2)11-16(10-13)18(21(22,23)24)5-3-15-4-6-19(26-8-7-25)17(12-15)20(27)28/h3-12,18,26H,25H2,1-2H3,(H,27,28)/b5-3+,8-7+. The Hall–Kier alpha value is -3.22. The number of carbonyl (C=O) groups is 1. The molecule has 0 bridgehead atoms. The van der Waals surface area contributed by atoms with E-state index in [0.717, 1.165) is 17.2 Å². The molecule has 2 aromatic carbocycles. The summed E-state index contributed by atoms with van der Waals surface area (Å²) in [6, 6.07) is 9.13. The number of carboxylic acids is 1. The van der Waals surface area contributed by atoms with Crippen molar-refractivity contribution < 1.29 is 23.1 Å². The van der Waals surface area contributed by atoms with E-state index in [1.807, 2.05) is 0 Å². The highest BCUT2D eigenvalue weighted by Crippen LogP contribution is 2.37. The quantitative estimate of drug-likeness (QED) is 0.633. The summed E-state index contributed by atoms with van der Waals surface area (Å²) in [6.07, 6.45) is 0.418. The lowest BCUT2D eigenvalue weighted by Crippen LogP contribution is -2.19. The Labute approximate surface area is 161 Å². The van der Waals surface area contributed by atoms with Crippen molar-refractivity contribution in [3.63, 3.8) is 0 Å². The fourth-order valence-corrected chi connectivity index (χ4v) is 2.91. The topological polar surface area (TPSA) is 75.3 Å². The highest BCUT2D eigenvalue weighted by atomic mass is 19.4. The molecule has 148 valence electrons. The van der Waals surface area contributed by atoms with E-state index >= 15 is 0 Å². The van der Waals surface area contributed by atoms with Gasteiger partial charge >= 0.3 is 12.1 Å². The average molecular weight is 390 g/mol. The number of hydrogen-bond donors (Lipinski definition) is 3. The van der Waals surface area contributed by atoms with Crippen molar-refractivity contribution >= 4 is 17.7 Å². The van der Waals surface area contributed by atoms with Crippen LogP contribution in [-0.4, -0.2) is 17.3 Å². The van der Waals surface area contributed by atoms with Crippen molar-refractivity contribution in [1.29, 1.82) is 0 Å². The largest absolute Gasteiger partial charge is 0.478 e. The van der Waals surface area contributed by atoms with Crippen molar-refractivity contribution in [2.45, 2.75) is 25.9 Å². The number of carboxylic acid groups (broad SMARTS) is 1. The Balaban J connectivity index is 2.42. The van der Waals surface area contributed by atoms with Crippen molar-refractivity contribution in [2.24, 2.45) is 5.73 Å². The molecule has 2 rings (SSSR count). The number of hydrogen-bond acceptors (Lipinski definition) is 3. The number of aromatic carboxylic acids is 1. The van der Waals surface area contributed by atoms with Crippen LogP contribution in [0.3, 0.4) is 0 Å². The minimum absolute atomic E-state index is 0.0739. The second-order valence-electron chi connectivity index (χ2n) is 6.41. The van der Waals surface area contributed by atoms with E-state index in [1.165, 1.54) is 48.8 Å². The molecule has 28 heavy (non-hydrogen) atoms. The molecule has 7 heteroatoms. The maximum atomic E-state index is 13.6. The van der Waals surface area contributed by atoms with E-state index in [9.17, 15) is 23.1 Å². The maximum absolute atomic E-state index is 13.6. The highest BCUT2D eigenvalue weighted by Gasteiger charge is 2.39. The molecule has 1 unspecified atom stereocenters. The number of nitrogens with two attached hydrogens (primary N) is 1. The van der Waals surface area contributed by atoms with Crippen LogP contribution >= 0.6 is 0 Å². The van der Waals surface area contributed by atoms with Crippen LogP contribution in [0.25, 0.3) is 6.08 Å². The molecule has 4 nitrogen and oxygen atoms in total. The molecular weight excluding hydrogens is 369 g/mol. The minimum atomic E-state index is -4.47. The number of benzene rings is 2. The Morgan fingerprint density at radius 2 is 1.79 bits per heavy atom. The molecule has 0 radical (unpaired) electrons. The Morgan fingerprint density at radius 3 is 2.32 bits per heavy atom. The predicted octanol–water partition coefficient (Wildman–Crippen LogP) is 5.20. The van der Waals surface area contributed by atoms with Gasteiger partial charge in [0.15, 0.2) is 0 Å². The number of halogens is 3. The van der Waals surface area contributed by atoms with E-state index in [4.69, 9.17) is 5.73 Å². The van der Waals surface area contributed by atoms with Gasteiger partial charge in [0.05, 0.1) is 17.2 Å². The highest BCUT2D eigenvalue weighted by molar-refractivity contribution is 5.95. The third-order valence-corrected chi connectivity index (χ3v) is 4.05. The van der Waals surface area contributed by atoms with Crippen LogP contribution in [0, 0.1) is 13.8 Å². The van der Waals surface area contributed by atoms with Crippen molar-refractivity contribution in [1.82, 2.24) is 0 Å². The van der Waals surface area contributed by atoms with E-state index in [-0.39, 0.29) is 16.8 Å². The predicted molar refractivity (Wildman–Crippen MR) is 104 cm³/mol. The molecule has 0 aliphatic carbocycles. The SMILES string of the molecule is Cc1cc(C)cc(C(/C=C/c2ccc(N/C=C/N)c(C(=O)O)c2)C(F)(F)F)c1. The van der Waals surface area contributed by atoms with Gasteiger partial charge in [0.2, 0.25) is 0 Å². The summed E-state index contributed by atoms with van der Waals surface area (Å²) in [7, 11) is 0. The Bertz CT molecular complexity index is 898. The molecule has 0 aliphatic rings. The summed E-state index contributed by atoms with van der Waals surface area (Å²) >= 11 is 0. The van der Waals surface area contributed by atoms with Gasteiger partial charge in [-0.25, -0.2) is 4.79 Å². The summed E-state index contributed by atoms with van der Waals surface area (Å²) in [5.41, 5.74) is 7.41. The van der Waals surface area contributed by atoms with Crippen molar-refractivity contribution in [2.75, 3.05) is 5.32 Å². The number of alkyl halides is 3. The molecule has 4 N–H and O–H groups in total. The molecule has 0 saturated heterocycles. The monoisotopic (exact) mass is 390 g/mol. The smallest absolute Gasteiger partial charge is 0.399 e. The molecule has 0 saturated carbocycles. The van der Waals surface area contributed by atoms with Gasteiger partial charge in [0.1, 0.15) is 0 Å². The average Bonchev–Trinajstić information content (AvgIpc) is 2.58. The first-order chi connectivity index (χ1) is 13.1. The van der Waals surface area contributed by atoms with Crippen LogP contribution in [0.5, 0.6) is 0 Å². The normalized spacial score (nSPS) is 13.2. The second kappa shape index (κ2) is 8.65. The van der Waals surface area contributed by atoms with Crippen LogP contribution in [0.1, 0.15) is 38.5 Å². The summed E-state index contributed by atoms with van der Waals surface area (Å²) in [4.78, 5) is 11.4. The van der Waals surface area contributed by atoms with Crippen LogP contribution in [0.4, 0.5) is 18.9 Å². The lowest BCUT2D eigenvalue weighted by Gasteiger charge is -2.18. The van der Waals surface area contributed by atoms with Crippen molar-refractivity contribution in [3.8, 4) is 0 Å². The molecule has 1 atom stereocenters. The van der Waals surface area contributed by atoms with Crippen molar-refractivity contribution in [3.05, 3.63) is 82.7 Å². The van der Waals surface area contributed by atoms with Gasteiger partial charge in [-0.3, -0.25) is 0 Å². The van der Waals surface area contributed by atoms with E-state index in [2.05, 4.69) is 5.32 Å². The van der Waals surface area contributed by atoms with E-state index < -0.39 is 18.1 Å². The Kier molecular flexibility index (Phi) is 6.51. The molecule has 0 fully saturated rings. The first-order valence-electron chi connectivity index (χ1n) is 8.45. The van der Waals surface area contributed by atoms with Gasteiger partial charge in [-0.2, -0.15) is 13.2 Å². The first-order valence-corrected chi connectivity index (χ1v) is 8.45. The van der Waals surface area contributed by atoms with Gasteiger partial charge in [-0.05, 0) is 37.1 Å². The number of anilines is 1. The van der Waals surface area contributed by atoms with Gasteiger partial charge in [0.25, 0.3) is 0 Å². The number of aryl methyl sites for hydroxylation is 2. The molecular formula is C21H21F3N2O2. The van der Waals surface area contributed by atoms with E-state index in [1.54, 1.807) is 19.9 Å². The summed E-state index contributed by atoms with van der Waals surface area (Å²) in [5.74, 6) is -3.00. The molecule has 0 amide bonds. The summed E-state index contributed by atoms with van der Waals surface area (Å²) < 4.78 is 40.8. The molecule has 0 aromatic heterocycles. The Morgan fingerprint density at radius 1 is 1.14 bits per heavy atom. The van der Waals surface area contributed by atoms with Crippen LogP contribution in [-0.2, 0) is 0 Å². The van der Waals surface area contributed by atoms with E-state index in [0.29, 0.717) is 5.56 Å². The molecule has 0 spiro atoms. The summed E-state index contributed by atoms with van der Waals surface area (Å²) in [6.45, 7) is 3.49. The van der Waals surface area contributed by atoms with Crippen LogP contribution in [0.2, 0.25) is 0 Å². The number of rotatable bonds is 6. The minimum Gasteiger partial charge on any atom is -0.478 e. The fourth-order valence-electron chi connectivity index (χ4n) is 2.91.